The lowest BCUT2D eigenvalue weighted by molar-refractivity contribution is -0.122. The predicted molar refractivity (Wildman–Crippen MR) is 103 cm³/mol. The average Bonchev–Trinajstić information content (AvgIpc) is 2.85. The lowest BCUT2D eigenvalue weighted by Crippen LogP contribution is -2.27. The van der Waals surface area contributed by atoms with Crippen molar-refractivity contribution in [3.63, 3.8) is 0 Å². The van der Waals surface area contributed by atoms with Gasteiger partial charge in [-0.05, 0) is 36.3 Å². The SMILES string of the molecule is COc1ccc(CN2C(=O)C(=Cc3ccc(C)cc3)SC2=S)cc1. The first-order chi connectivity index (χ1) is 11.6. The molecule has 1 heterocycles. The maximum atomic E-state index is 12.6. The number of aryl methyl sites for hydroxylation is 1. The third kappa shape index (κ3) is 3.68. The van der Waals surface area contributed by atoms with Crippen LogP contribution in [-0.2, 0) is 11.3 Å². The Labute approximate surface area is 151 Å². The summed E-state index contributed by atoms with van der Waals surface area (Å²) in [6.45, 7) is 2.51. The monoisotopic (exact) mass is 355 g/mol. The molecule has 1 saturated heterocycles. The van der Waals surface area contributed by atoms with Crippen molar-refractivity contribution in [2.45, 2.75) is 13.5 Å². The van der Waals surface area contributed by atoms with Crippen LogP contribution >= 0.6 is 24.0 Å². The lowest BCUT2D eigenvalue weighted by atomic mass is 10.1. The number of carbonyl (C=O) groups excluding carboxylic acids is 1. The van der Waals surface area contributed by atoms with Crippen LogP contribution in [0.25, 0.3) is 6.08 Å². The van der Waals surface area contributed by atoms with Gasteiger partial charge in [0.15, 0.2) is 0 Å². The van der Waals surface area contributed by atoms with E-state index in [0.29, 0.717) is 15.8 Å². The van der Waals surface area contributed by atoms with Crippen LogP contribution in [0.4, 0.5) is 0 Å². The van der Waals surface area contributed by atoms with Crippen LogP contribution in [-0.4, -0.2) is 22.2 Å². The van der Waals surface area contributed by atoms with Crippen molar-refractivity contribution >= 4 is 40.3 Å². The first kappa shape index (κ1) is 16.7. The molecule has 2 aromatic rings. The van der Waals surface area contributed by atoms with Crippen LogP contribution in [0.15, 0.2) is 53.4 Å². The molecule has 3 rings (SSSR count). The van der Waals surface area contributed by atoms with E-state index in [1.165, 1.54) is 17.3 Å². The number of nitrogens with zero attached hydrogens (tertiary/aromatic N) is 1. The van der Waals surface area contributed by atoms with Crippen LogP contribution in [0.2, 0.25) is 0 Å². The molecule has 2 aromatic carbocycles. The summed E-state index contributed by atoms with van der Waals surface area (Å²) < 4.78 is 5.75. The molecule has 0 radical (unpaired) electrons. The number of hydrogen-bond donors (Lipinski definition) is 0. The number of thioether (sulfide) groups is 1. The summed E-state index contributed by atoms with van der Waals surface area (Å²) in [4.78, 5) is 14.9. The molecule has 0 unspecified atom stereocenters. The van der Waals surface area contributed by atoms with Crippen molar-refractivity contribution in [3.8, 4) is 5.75 Å². The number of benzene rings is 2. The number of rotatable bonds is 4. The molecule has 1 aliphatic rings. The fourth-order valence-electron chi connectivity index (χ4n) is 2.36. The van der Waals surface area contributed by atoms with Gasteiger partial charge in [0, 0.05) is 0 Å². The zero-order valence-electron chi connectivity index (χ0n) is 13.5. The van der Waals surface area contributed by atoms with E-state index in [9.17, 15) is 4.79 Å². The van der Waals surface area contributed by atoms with Gasteiger partial charge in [0.1, 0.15) is 10.1 Å². The highest BCUT2D eigenvalue weighted by molar-refractivity contribution is 8.26. The Hall–Kier alpha value is -2.11. The summed E-state index contributed by atoms with van der Waals surface area (Å²) in [5, 5.41) is 0. The Balaban J connectivity index is 1.77. The van der Waals surface area contributed by atoms with Gasteiger partial charge in [-0.2, -0.15) is 0 Å². The highest BCUT2D eigenvalue weighted by atomic mass is 32.2. The zero-order chi connectivity index (χ0) is 17.1. The second-order valence-electron chi connectivity index (χ2n) is 5.53. The van der Waals surface area contributed by atoms with Gasteiger partial charge < -0.3 is 4.74 Å². The first-order valence-corrected chi connectivity index (χ1v) is 8.74. The molecule has 0 atom stereocenters. The second kappa shape index (κ2) is 7.20. The Morgan fingerprint density at radius 3 is 2.42 bits per heavy atom. The number of carbonyl (C=O) groups is 1. The van der Waals surface area contributed by atoms with E-state index in [1.54, 1.807) is 12.0 Å². The Bertz CT molecular complexity index is 795. The lowest BCUT2D eigenvalue weighted by Gasteiger charge is -2.14. The van der Waals surface area contributed by atoms with E-state index in [4.69, 9.17) is 17.0 Å². The van der Waals surface area contributed by atoms with Gasteiger partial charge in [-0.25, -0.2) is 0 Å². The third-order valence-electron chi connectivity index (χ3n) is 3.75. The van der Waals surface area contributed by atoms with Gasteiger partial charge in [0.05, 0.1) is 18.6 Å². The molecular formula is C19H17NO2S2. The minimum Gasteiger partial charge on any atom is -0.497 e. The maximum Gasteiger partial charge on any atom is 0.266 e. The smallest absolute Gasteiger partial charge is 0.266 e. The molecule has 0 aromatic heterocycles. The van der Waals surface area contributed by atoms with Crippen molar-refractivity contribution in [3.05, 3.63) is 70.1 Å². The summed E-state index contributed by atoms with van der Waals surface area (Å²) in [5.74, 6) is 0.754. The van der Waals surface area contributed by atoms with E-state index in [2.05, 4.69) is 0 Å². The Morgan fingerprint density at radius 2 is 1.79 bits per heavy atom. The summed E-state index contributed by atoms with van der Waals surface area (Å²) >= 11 is 6.73. The molecule has 1 fully saturated rings. The molecular weight excluding hydrogens is 338 g/mol. The van der Waals surface area contributed by atoms with Crippen LogP contribution in [0.3, 0.4) is 0 Å². The van der Waals surface area contributed by atoms with Gasteiger partial charge >= 0.3 is 0 Å². The zero-order valence-corrected chi connectivity index (χ0v) is 15.1. The molecule has 0 bridgehead atoms. The highest BCUT2D eigenvalue weighted by Crippen LogP contribution is 2.33. The van der Waals surface area contributed by atoms with Crippen molar-refractivity contribution in [2.24, 2.45) is 0 Å². The van der Waals surface area contributed by atoms with E-state index in [-0.39, 0.29) is 5.91 Å². The highest BCUT2D eigenvalue weighted by Gasteiger charge is 2.31. The maximum absolute atomic E-state index is 12.6. The van der Waals surface area contributed by atoms with E-state index >= 15 is 0 Å². The van der Waals surface area contributed by atoms with Crippen molar-refractivity contribution < 1.29 is 9.53 Å². The van der Waals surface area contributed by atoms with Crippen molar-refractivity contribution in [2.75, 3.05) is 7.11 Å². The fourth-order valence-corrected chi connectivity index (χ4v) is 3.62. The number of ether oxygens (including phenoxy) is 1. The topological polar surface area (TPSA) is 29.5 Å². The quantitative estimate of drug-likeness (QED) is 0.600. The number of amides is 1. The van der Waals surface area contributed by atoms with Crippen LogP contribution < -0.4 is 4.74 Å². The predicted octanol–water partition coefficient (Wildman–Crippen LogP) is 4.41. The summed E-state index contributed by atoms with van der Waals surface area (Å²) in [6.07, 6.45) is 1.90. The molecule has 0 saturated carbocycles. The van der Waals surface area contributed by atoms with Gasteiger partial charge in [0.2, 0.25) is 0 Å². The Kier molecular flexibility index (Phi) is 5.02. The Morgan fingerprint density at radius 1 is 1.12 bits per heavy atom. The van der Waals surface area contributed by atoms with Gasteiger partial charge in [-0.15, -0.1) is 0 Å². The number of methoxy groups -OCH3 is 1. The normalized spacial score (nSPS) is 16.1. The average molecular weight is 355 g/mol. The van der Waals surface area contributed by atoms with Gasteiger partial charge in [0.25, 0.3) is 5.91 Å². The van der Waals surface area contributed by atoms with Crippen LogP contribution in [0.5, 0.6) is 5.75 Å². The minimum absolute atomic E-state index is 0.0404. The van der Waals surface area contributed by atoms with E-state index in [1.807, 2.05) is 61.5 Å². The molecule has 0 spiro atoms. The summed E-state index contributed by atoms with van der Waals surface area (Å²) in [5.41, 5.74) is 3.22. The molecule has 122 valence electrons. The van der Waals surface area contributed by atoms with Crippen molar-refractivity contribution in [1.82, 2.24) is 4.90 Å². The standard InChI is InChI=1S/C19H17NO2S2/c1-13-3-5-14(6-4-13)11-17-18(21)20(19(23)24-17)12-15-7-9-16(22-2)10-8-15/h3-11H,12H2,1-2H3. The molecule has 0 N–H and O–H groups in total. The first-order valence-electron chi connectivity index (χ1n) is 7.52. The summed E-state index contributed by atoms with van der Waals surface area (Å²) in [7, 11) is 1.63. The van der Waals surface area contributed by atoms with Crippen LogP contribution in [0, 0.1) is 6.92 Å². The molecule has 3 nitrogen and oxygen atoms in total. The van der Waals surface area contributed by atoms with E-state index in [0.717, 1.165) is 16.9 Å². The fraction of sp³-hybridized carbons (Fsp3) is 0.158. The van der Waals surface area contributed by atoms with Crippen molar-refractivity contribution in [1.29, 1.82) is 0 Å². The molecule has 1 aliphatic heterocycles. The van der Waals surface area contributed by atoms with Gasteiger partial charge in [-0.3, -0.25) is 9.69 Å². The number of thiocarbonyl (C=S) groups is 1. The number of hydrogen-bond acceptors (Lipinski definition) is 4. The van der Waals surface area contributed by atoms with Gasteiger partial charge in [-0.1, -0.05) is 65.9 Å². The summed E-state index contributed by atoms with van der Waals surface area (Å²) in [6, 6.07) is 15.7. The molecule has 1 amide bonds. The third-order valence-corrected chi connectivity index (χ3v) is 5.13. The molecule has 0 aliphatic carbocycles. The molecule has 24 heavy (non-hydrogen) atoms. The molecule has 5 heteroatoms. The largest absolute Gasteiger partial charge is 0.497 e. The second-order valence-corrected chi connectivity index (χ2v) is 7.20. The van der Waals surface area contributed by atoms with E-state index < -0.39 is 0 Å². The van der Waals surface area contributed by atoms with Crippen LogP contribution in [0.1, 0.15) is 16.7 Å². The minimum atomic E-state index is -0.0404.